The molecule has 0 heterocycles. The van der Waals surface area contributed by atoms with Crippen molar-refractivity contribution < 1.29 is 0 Å². The first-order valence-electron chi connectivity index (χ1n) is 7.81. The molecular weight excluding hydrogens is 355 g/mol. The first kappa shape index (κ1) is 15.8. The van der Waals surface area contributed by atoms with Gasteiger partial charge in [-0.3, -0.25) is 0 Å². The third-order valence-corrected chi connectivity index (χ3v) is 4.84. The highest BCUT2D eigenvalue weighted by atomic mass is 127. The van der Waals surface area contributed by atoms with Gasteiger partial charge in [-0.1, -0.05) is 54.2 Å². The maximum Gasteiger partial charge on any atom is -0.00853 e. The highest BCUT2D eigenvalue weighted by molar-refractivity contribution is 14.1. The summed E-state index contributed by atoms with van der Waals surface area (Å²) in [6.45, 7) is 2.10. The lowest BCUT2D eigenvalue weighted by molar-refractivity contribution is 0.472. The van der Waals surface area contributed by atoms with Crippen LogP contribution < -0.4 is 0 Å². The minimum Gasteiger partial charge on any atom is -0.0917 e. The molecule has 20 heavy (non-hydrogen) atoms. The minimum absolute atomic E-state index is 0.705. The molecule has 0 aromatic carbocycles. The summed E-state index contributed by atoms with van der Waals surface area (Å²) in [5.74, 6) is 1.41. The van der Waals surface area contributed by atoms with Crippen molar-refractivity contribution in [2.24, 2.45) is 11.8 Å². The largest absolute Gasteiger partial charge is 0.0917 e. The maximum absolute atomic E-state index is 2.55. The van der Waals surface area contributed by atoms with Crippen LogP contribution in [0.5, 0.6) is 0 Å². The SMILES string of the molecule is C/C=C\CCCCC1=CC(C2C=CC=CC2)CC(I)=C1. The molecule has 2 unspecified atom stereocenters. The molecule has 2 aliphatic rings. The molecule has 0 nitrogen and oxygen atoms in total. The van der Waals surface area contributed by atoms with Crippen molar-refractivity contribution in [3.05, 3.63) is 57.8 Å². The van der Waals surface area contributed by atoms with Crippen LogP contribution in [0.3, 0.4) is 0 Å². The van der Waals surface area contributed by atoms with Crippen molar-refractivity contribution in [2.75, 3.05) is 0 Å². The topological polar surface area (TPSA) is 0 Å². The Morgan fingerprint density at radius 2 is 2.15 bits per heavy atom. The van der Waals surface area contributed by atoms with Crippen molar-refractivity contribution in [1.82, 2.24) is 0 Å². The Morgan fingerprint density at radius 1 is 1.25 bits per heavy atom. The van der Waals surface area contributed by atoms with Crippen molar-refractivity contribution in [3.8, 4) is 0 Å². The fourth-order valence-corrected chi connectivity index (χ4v) is 3.88. The lowest BCUT2D eigenvalue weighted by Crippen LogP contribution is -2.14. The molecule has 0 saturated carbocycles. The predicted octanol–water partition coefficient (Wildman–Crippen LogP) is 6.52. The average molecular weight is 380 g/mol. The van der Waals surface area contributed by atoms with E-state index in [1.54, 1.807) is 5.57 Å². The fourth-order valence-electron chi connectivity index (χ4n) is 2.97. The molecule has 2 atom stereocenters. The number of allylic oxidation sites excluding steroid dienone is 10. The molecule has 108 valence electrons. The number of halogens is 1. The van der Waals surface area contributed by atoms with E-state index in [2.05, 4.69) is 78.1 Å². The summed E-state index contributed by atoms with van der Waals surface area (Å²) in [4.78, 5) is 0. The van der Waals surface area contributed by atoms with Crippen LogP contribution >= 0.6 is 22.6 Å². The van der Waals surface area contributed by atoms with Crippen LogP contribution in [0.1, 0.15) is 45.4 Å². The molecule has 0 amide bonds. The number of rotatable bonds is 6. The zero-order valence-corrected chi connectivity index (χ0v) is 14.6. The summed E-state index contributed by atoms with van der Waals surface area (Å²) in [6, 6.07) is 0. The third-order valence-electron chi connectivity index (χ3n) is 4.09. The molecule has 0 aliphatic heterocycles. The van der Waals surface area contributed by atoms with Crippen LogP contribution in [0.25, 0.3) is 0 Å². The number of hydrogen-bond acceptors (Lipinski definition) is 0. The highest BCUT2D eigenvalue weighted by Gasteiger charge is 2.21. The van der Waals surface area contributed by atoms with Crippen molar-refractivity contribution in [2.45, 2.75) is 45.4 Å². The quantitative estimate of drug-likeness (QED) is 0.280. The summed E-state index contributed by atoms with van der Waals surface area (Å²) in [6.07, 6.45) is 26.0. The number of hydrogen-bond donors (Lipinski definition) is 0. The zero-order valence-electron chi connectivity index (χ0n) is 12.4. The lowest BCUT2D eigenvalue weighted by Gasteiger charge is -2.26. The van der Waals surface area contributed by atoms with Gasteiger partial charge < -0.3 is 0 Å². The monoisotopic (exact) mass is 380 g/mol. The molecule has 0 saturated heterocycles. The standard InChI is InChI=1S/C19H25I/c1-2-3-4-5-7-10-16-13-18(15-19(20)14-16)17-11-8-6-9-12-17/h2-3,6,8-9,11,13-14,17-18H,4-5,7,10,12,15H2,1H3/b3-2-. The van der Waals surface area contributed by atoms with Crippen LogP contribution in [-0.4, -0.2) is 0 Å². The number of unbranched alkanes of at least 4 members (excludes halogenated alkanes) is 2. The molecule has 0 N–H and O–H groups in total. The average Bonchev–Trinajstić information content (AvgIpc) is 2.47. The van der Waals surface area contributed by atoms with E-state index in [4.69, 9.17) is 0 Å². The van der Waals surface area contributed by atoms with E-state index in [0.29, 0.717) is 11.8 Å². The van der Waals surface area contributed by atoms with Gasteiger partial charge in [0.25, 0.3) is 0 Å². The van der Waals surface area contributed by atoms with Crippen LogP contribution in [0.4, 0.5) is 0 Å². The van der Waals surface area contributed by atoms with Gasteiger partial charge in [-0.15, -0.1) is 0 Å². The summed E-state index contributed by atoms with van der Waals surface area (Å²) < 4.78 is 1.53. The Kier molecular flexibility index (Phi) is 6.85. The first-order valence-corrected chi connectivity index (χ1v) is 8.88. The Morgan fingerprint density at radius 3 is 2.90 bits per heavy atom. The van der Waals surface area contributed by atoms with Gasteiger partial charge in [0.2, 0.25) is 0 Å². The van der Waals surface area contributed by atoms with Gasteiger partial charge >= 0.3 is 0 Å². The van der Waals surface area contributed by atoms with Crippen LogP contribution in [0.2, 0.25) is 0 Å². The molecule has 0 bridgehead atoms. The summed E-state index contributed by atoms with van der Waals surface area (Å²) in [5.41, 5.74) is 1.56. The Balaban J connectivity index is 1.87. The Labute approximate surface area is 137 Å². The van der Waals surface area contributed by atoms with Crippen LogP contribution in [-0.2, 0) is 0 Å². The van der Waals surface area contributed by atoms with Crippen LogP contribution in [0, 0.1) is 11.8 Å². The second-order valence-corrected chi connectivity index (χ2v) is 7.11. The van der Waals surface area contributed by atoms with E-state index in [1.165, 1.54) is 42.1 Å². The van der Waals surface area contributed by atoms with E-state index >= 15 is 0 Å². The summed E-state index contributed by atoms with van der Waals surface area (Å²) >= 11 is 2.52. The molecule has 1 heteroatoms. The van der Waals surface area contributed by atoms with Gasteiger partial charge in [0.1, 0.15) is 0 Å². The molecule has 2 aliphatic carbocycles. The van der Waals surface area contributed by atoms with Gasteiger partial charge in [0, 0.05) is 0 Å². The Hall–Kier alpha value is -0.570. The van der Waals surface area contributed by atoms with E-state index in [0.717, 1.165) is 0 Å². The highest BCUT2D eigenvalue weighted by Crippen LogP contribution is 2.36. The fraction of sp³-hybridized carbons (Fsp3) is 0.474. The predicted molar refractivity (Wildman–Crippen MR) is 98.0 cm³/mol. The van der Waals surface area contributed by atoms with Gasteiger partial charge in [0.15, 0.2) is 0 Å². The molecular formula is C19H25I. The first-order chi connectivity index (χ1) is 9.79. The molecule has 0 radical (unpaired) electrons. The van der Waals surface area contributed by atoms with Crippen molar-refractivity contribution >= 4 is 22.6 Å². The second kappa shape index (κ2) is 8.66. The maximum atomic E-state index is 2.55. The smallest absolute Gasteiger partial charge is 0.00853 e. The van der Waals surface area contributed by atoms with Gasteiger partial charge in [-0.25, -0.2) is 0 Å². The van der Waals surface area contributed by atoms with Gasteiger partial charge in [-0.05, 0) is 83.5 Å². The third kappa shape index (κ3) is 5.08. The van der Waals surface area contributed by atoms with E-state index in [-0.39, 0.29) is 0 Å². The summed E-state index contributed by atoms with van der Waals surface area (Å²) in [7, 11) is 0. The van der Waals surface area contributed by atoms with Gasteiger partial charge in [0.05, 0.1) is 0 Å². The molecule has 0 spiro atoms. The van der Waals surface area contributed by atoms with Gasteiger partial charge in [-0.2, -0.15) is 0 Å². The van der Waals surface area contributed by atoms with E-state index in [1.807, 2.05) is 0 Å². The summed E-state index contributed by atoms with van der Waals surface area (Å²) in [5, 5.41) is 0. The zero-order chi connectivity index (χ0) is 14.2. The second-order valence-electron chi connectivity index (χ2n) is 5.73. The lowest BCUT2D eigenvalue weighted by atomic mass is 9.81. The molecule has 0 aromatic rings. The molecule has 0 fully saturated rings. The molecule has 0 aromatic heterocycles. The molecule has 2 rings (SSSR count). The van der Waals surface area contributed by atoms with Crippen molar-refractivity contribution in [1.29, 1.82) is 0 Å². The Bertz CT molecular complexity index is 448. The minimum atomic E-state index is 0.705. The van der Waals surface area contributed by atoms with E-state index in [9.17, 15) is 0 Å². The van der Waals surface area contributed by atoms with E-state index < -0.39 is 0 Å². The van der Waals surface area contributed by atoms with Crippen molar-refractivity contribution in [3.63, 3.8) is 0 Å². The van der Waals surface area contributed by atoms with Crippen LogP contribution in [0.15, 0.2) is 57.8 Å². The normalized spacial score (nSPS) is 25.9.